The zero-order valence-corrected chi connectivity index (χ0v) is 6.72. The quantitative estimate of drug-likeness (QED) is 0.249. The van der Waals surface area contributed by atoms with Crippen molar-refractivity contribution in [3.8, 4) is 0 Å². The Morgan fingerprint density at radius 2 is 2.00 bits per heavy atom. The van der Waals surface area contributed by atoms with Crippen molar-refractivity contribution in [3.63, 3.8) is 0 Å². The molecule has 4 N–H and O–H groups in total. The maximum Gasteiger partial charge on any atom is 0.145 e. The van der Waals surface area contributed by atoms with Gasteiger partial charge in [0.15, 0.2) is 0 Å². The molecule has 0 unspecified atom stereocenters. The van der Waals surface area contributed by atoms with Crippen LogP contribution >= 0.6 is 0 Å². The molecule has 0 aliphatic carbocycles. The van der Waals surface area contributed by atoms with E-state index in [1.807, 2.05) is 20.8 Å². The minimum Gasteiger partial charge on any atom is -0.384 e. The summed E-state index contributed by atoms with van der Waals surface area (Å²) in [6.45, 7) is 6.12. The molecular formula is C6H15N3O. The van der Waals surface area contributed by atoms with Crippen molar-refractivity contribution in [3.05, 3.63) is 0 Å². The Morgan fingerprint density at radius 3 is 2.30 bits per heavy atom. The predicted octanol–water partition coefficient (Wildman–Crippen LogP) is 0.0324. The highest BCUT2D eigenvalue weighted by Gasteiger charge is 2.09. The van der Waals surface area contributed by atoms with Gasteiger partial charge in [0, 0.05) is 0 Å². The summed E-state index contributed by atoms with van der Waals surface area (Å²) in [5, 5.41) is 3.26. The lowest BCUT2D eigenvalue weighted by Crippen LogP contribution is -2.28. The summed E-state index contributed by atoms with van der Waals surface area (Å²) in [6.07, 6.45) is 0. The summed E-state index contributed by atoms with van der Waals surface area (Å²) in [6, 6.07) is 0. The first-order valence-corrected chi connectivity index (χ1v) is 3.12. The number of hydrazone groups is 1. The predicted molar refractivity (Wildman–Crippen MR) is 41.5 cm³/mol. The third kappa shape index (κ3) is 5.37. The largest absolute Gasteiger partial charge is 0.384 e. The molecule has 10 heavy (non-hydrogen) atoms. The number of hydrogen-bond acceptors (Lipinski definition) is 3. The lowest BCUT2D eigenvalue weighted by atomic mass is 10.2. The Bertz CT molecular complexity index is 125. The monoisotopic (exact) mass is 145 g/mol. The van der Waals surface area contributed by atoms with Crippen LogP contribution in [-0.2, 0) is 4.74 Å². The third-order valence-electron chi connectivity index (χ3n) is 0.819. The van der Waals surface area contributed by atoms with Crippen molar-refractivity contribution >= 4 is 5.84 Å². The molecule has 0 spiro atoms. The number of nitrogens with two attached hydrogens (primary N) is 2. The number of nitrogens with zero attached hydrogens (tertiary/aromatic N) is 1. The molecule has 0 radical (unpaired) electrons. The summed E-state index contributed by atoms with van der Waals surface area (Å²) in [7, 11) is 0. The van der Waals surface area contributed by atoms with E-state index in [1.165, 1.54) is 0 Å². The van der Waals surface area contributed by atoms with E-state index in [-0.39, 0.29) is 5.60 Å². The van der Waals surface area contributed by atoms with E-state index in [4.69, 9.17) is 16.3 Å². The van der Waals surface area contributed by atoms with Crippen LogP contribution in [0.15, 0.2) is 5.10 Å². The zero-order chi connectivity index (χ0) is 8.20. The van der Waals surface area contributed by atoms with Gasteiger partial charge in [-0.1, -0.05) is 0 Å². The summed E-state index contributed by atoms with van der Waals surface area (Å²) in [4.78, 5) is 0. The van der Waals surface area contributed by atoms with Crippen LogP contribution in [0.25, 0.3) is 0 Å². The van der Waals surface area contributed by atoms with E-state index in [2.05, 4.69) is 5.10 Å². The van der Waals surface area contributed by atoms with Gasteiger partial charge in [0.2, 0.25) is 0 Å². The first kappa shape index (κ1) is 9.23. The van der Waals surface area contributed by atoms with Gasteiger partial charge in [-0.25, -0.2) is 0 Å². The highest BCUT2D eigenvalue weighted by molar-refractivity contribution is 5.81. The van der Waals surface area contributed by atoms with E-state index in [0.717, 1.165) is 0 Å². The van der Waals surface area contributed by atoms with Crippen LogP contribution in [0.5, 0.6) is 0 Å². The Morgan fingerprint density at radius 1 is 1.50 bits per heavy atom. The number of ether oxygens (including phenoxy) is 1. The third-order valence-corrected chi connectivity index (χ3v) is 0.819. The molecule has 0 rings (SSSR count). The van der Waals surface area contributed by atoms with E-state index < -0.39 is 0 Å². The zero-order valence-electron chi connectivity index (χ0n) is 6.72. The van der Waals surface area contributed by atoms with Gasteiger partial charge in [0.25, 0.3) is 0 Å². The molecule has 0 fully saturated rings. The lowest BCUT2D eigenvalue weighted by molar-refractivity contribution is 0.0209. The van der Waals surface area contributed by atoms with E-state index in [1.54, 1.807) is 0 Å². The van der Waals surface area contributed by atoms with Crippen LogP contribution in [-0.4, -0.2) is 18.0 Å². The second-order valence-electron chi connectivity index (χ2n) is 3.02. The number of amidine groups is 1. The minimum atomic E-state index is -0.185. The fourth-order valence-corrected chi connectivity index (χ4v) is 0.328. The van der Waals surface area contributed by atoms with Gasteiger partial charge < -0.3 is 16.3 Å². The molecule has 0 aliphatic heterocycles. The van der Waals surface area contributed by atoms with Crippen LogP contribution in [0, 0.1) is 0 Å². The van der Waals surface area contributed by atoms with E-state index in [0.29, 0.717) is 12.4 Å². The SMILES string of the molecule is CC(C)(C)OCC(N)=NN. The van der Waals surface area contributed by atoms with Gasteiger partial charge in [-0.05, 0) is 20.8 Å². The van der Waals surface area contributed by atoms with Crippen LogP contribution in [0.3, 0.4) is 0 Å². The van der Waals surface area contributed by atoms with Crippen molar-refractivity contribution in [2.45, 2.75) is 26.4 Å². The summed E-state index contributed by atoms with van der Waals surface area (Å²) >= 11 is 0. The average Bonchev–Trinajstić information content (AvgIpc) is 1.81. The molecule has 0 saturated carbocycles. The fraction of sp³-hybridized carbons (Fsp3) is 0.833. The first-order chi connectivity index (χ1) is 4.45. The second kappa shape index (κ2) is 3.41. The highest BCUT2D eigenvalue weighted by atomic mass is 16.5. The number of hydrogen-bond donors (Lipinski definition) is 2. The Labute approximate surface area is 61.2 Å². The smallest absolute Gasteiger partial charge is 0.145 e. The van der Waals surface area contributed by atoms with Crippen molar-refractivity contribution in [1.29, 1.82) is 0 Å². The Hall–Kier alpha value is -0.770. The lowest BCUT2D eigenvalue weighted by Gasteiger charge is -2.18. The topological polar surface area (TPSA) is 73.6 Å². The maximum absolute atomic E-state index is 5.28. The van der Waals surface area contributed by atoms with Gasteiger partial charge in [-0.15, -0.1) is 0 Å². The fourth-order valence-electron chi connectivity index (χ4n) is 0.328. The standard InChI is InChI=1S/C6H15N3O/c1-6(2,3)10-4-5(7)9-8/h4,8H2,1-3H3,(H2,7,9). The van der Waals surface area contributed by atoms with Gasteiger partial charge >= 0.3 is 0 Å². The normalized spacial score (nSPS) is 13.7. The molecular weight excluding hydrogens is 130 g/mol. The molecule has 4 nitrogen and oxygen atoms in total. The van der Waals surface area contributed by atoms with Gasteiger partial charge in [-0.3, -0.25) is 0 Å². The first-order valence-electron chi connectivity index (χ1n) is 3.12. The van der Waals surface area contributed by atoms with Crippen LogP contribution in [0.4, 0.5) is 0 Å². The summed E-state index contributed by atoms with van der Waals surface area (Å²) in [5.41, 5.74) is 5.09. The van der Waals surface area contributed by atoms with E-state index in [9.17, 15) is 0 Å². The molecule has 0 aromatic rings. The Kier molecular flexibility index (Phi) is 3.15. The van der Waals surface area contributed by atoms with Crippen molar-refractivity contribution in [1.82, 2.24) is 0 Å². The summed E-state index contributed by atoms with van der Waals surface area (Å²) < 4.78 is 5.25. The molecule has 0 heterocycles. The molecule has 0 saturated heterocycles. The van der Waals surface area contributed by atoms with Crippen LogP contribution < -0.4 is 11.6 Å². The molecule has 0 atom stereocenters. The molecule has 60 valence electrons. The van der Waals surface area contributed by atoms with Gasteiger partial charge in [0.1, 0.15) is 12.4 Å². The van der Waals surface area contributed by atoms with Crippen molar-refractivity contribution < 1.29 is 4.74 Å². The summed E-state index contributed by atoms with van der Waals surface area (Å²) in [5.74, 6) is 5.20. The average molecular weight is 145 g/mol. The molecule has 4 heteroatoms. The second-order valence-corrected chi connectivity index (χ2v) is 3.02. The molecule has 0 aromatic heterocycles. The molecule has 0 aromatic carbocycles. The Balaban J connectivity index is 3.56. The van der Waals surface area contributed by atoms with Crippen molar-refractivity contribution in [2.75, 3.05) is 6.61 Å². The number of rotatable bonds is 2. The van der Waals surface area contributed by atoms with Crippen LogP contribution in [0.2, 0.25) is 0 Å². The van der Waals surface area contributed by atoms with Gasteiger partial charge in [0.05, 0.1) is 5.60 Å². The highest BCUT2D eigenvalue weighted by Crippen LogP contribution is 2.05. The van der Waals surface area contributed by atoms with Crippen LogP contribution in [0.1, 0.15) is 20.8 Å². The molecule has 0 aliphatic rings. The van der Waals surface area contributed by atoms with Crippen molar-refractivity contribution in [2.24, 2.45) is 16.7 Å². The van der Waals surface area contributed by atoms with E-state index >= 15 is 0 Å². The minimum absolute atomic E-state index is 0.185. The molecule has 0 bridgehead atoms. The van der Waals surface area contributed by atoms with Gasteiger partial charge in [-0.2, -0.15) is 5.10 Å². The molecule has 0 amide bonds. The maximum atomic E-state index is 5.28.